The van der Waals surface area contributed by atoms with Gasteiger partial charge in [-0.25, -0.2) is 17.9 Å². The minimum absolute atomic E-state index is 0.0501. The number of amides is 1. The van der Waals surface area contributed by atoms with Gasteiger partial charge in [0.15, 0.2) is 0 Å². The first-order chi connectivity index (χ1) is 13.2. The van der Waals surface area contributed by atoms with E-state index in [0.717, 1.165) is 18.8 Å². The zero-order valence-electron chi connectivity index (χ0n) is 15.5. The smallest absolute Gasteiger partial charge is 0.241 e. The fraction of sp³-hybridized carbons (Fsp3) is 0.316. The van der Waals surface area contributed by atoms with Crippen LogP contribution in [0.5, 0.6) is 0 Å². The van der Waals surface area contributed by atoms with E-state index in [1.54, 1.807) is 18.2 Å². The van der Waals surface area contributed by atoms with E-state index in [2.05, 4.69) is 15.1 Å². The van der Waals surface area contributed by atoms with Crippen molar-refractivity contribution in [1.82, 2.24) is 4.90 Å². The summed E-state index contributed by atoms with van der Waals surface area (Å²) in [6, 6.07) is 11.9. The molecule has 3 N–H and O–H groups in total. The molecule has 0 bridgehead atoms. The Labute approximate surface area is 164 Å². The molecule has 2 aromatic rings. The van der Waals surface area contributed by atoms with Gasteiger partial charge >= 0.3 is 0 Å². The number of sulfonamides is 1. The van der Waals surface area contributed by atoms with E-state index in [-0.39, 0.29) is 22.7 Å². The van der Waals surface area contributed by atoms with Crippen molar-refractivity contribution >= 4 is 27.3 Å². The molecule has 1 aliphatic heterocycles. The van der Waals surface area contributed by atoms with Gasteiger partial charge in [-0.15, -0.1) is 0 Å². The number of benzene rings is 2. The Morgan fingerprint density at radius 1 is 1.11 bits per heavy atom. The number of nitrogens with one attached hydrogen (secondary N) is 1. The van der Waals surface area contributed by atoms with E-state index in [1.807, 2.05) is 6.92 Å². The second-order valence-corrected chi connectivity index (χ2v) is 8.30. The number of nitrogens with two attached hydrogens (primary N) is 1. The molecule has 28 heavy (non-hydrogen) atoms. The summed E-state index contributed by atoms with van der Waals surface area (Å²) in [5, 5.41) is 7.87. The molecule has 0 aromatic heterocycles. The van der Waals surface area contributed by atoms with Crippen molar-refractivity contribution in [1.29, 1.82) is 0 Å². The molecule has 1 aliphatic rings. The number of hydrogen-bond acceptors (Lipinski definition) is 5. The summed E-state index contributed by atoms with van der Waals surface area (Å²) >= 11 is 0. The molecule has 7 nitrogen and oxygen atoms in total. The summed E-state index contributed by atoms with van der Waals surface area (Å²) in [7, 11) is -3.83. The number of primary sulfonamides is 1. The Morgan fingerprint density at radius 3 is 2.36 bits per heavy atom. The molecule has 3 rings (SSSR count). The van der Waals surface area contributed by atoms with Crippen molar-refractivity contribution in [3.05, 3.63) is 54.3 Å². The van der Waals surface area contributed by atoms with Crippen LogP contribution >= 0.6 is 0 Å². The molecular formula is C19H23FN4O3S. The molecule has 1 heterocycles. The number of halogens is 1. The van der Waals surface area contributed by atoms with Crippen LogP contribution in [0.25, 0.3) is 0 Å². The maximum absolute atomic E-state index is 13.1. The van der Waals surface area contributed by atoms with Gasteiger partial charge in [-0.3, -0.25) is 9.69 Å². The molecule has 0 unspecified atom stereocenters. The highest BCUT2D eigenvalue weighted by Gasteiger charge is 2.26. The highest BCUT2D eigenvalue weighted by atomic mass is 32.2. The van der Waals surface area contributed by atoms with Crippen molar-refractivity contribution in [2.45, 2.75) is 17.9 Å². The summed E-state index contributed by atoms with van der Waals surface area (Å²) in [5.41, 5.74) is 1.34. The number of piperazine rings is 1. The average molecular weight is 406 g/mol. The van der Waals surface area contributed by atoms with E-state index in [0.29, 0.717) is 18.8 Å². The van der Waals surface area contributed by atoms with Gasteiger partial charge in [0.25, 0.3) is 0 Å². The molecule has 0 saturated carbocycles. The monoisotopic (exact) mass is 406 g/mol. The molecule has 0 spiro atoms. The van der Waals surface area contributed by atoms with Crippen molar-refractivity contribution in [3.8, 4) is 0 Å². The van der Waals surface area contributed by atoms with E-state index < -0.39 is 10.0 Å². The first-order valence-electron chi connectivity index (χ1n) is 8.92. The van der Waals surface area contributed by atoms with Crippen LogP contribution in [0.15, 0.2) is 53.4 Å². The highest BCUT2D eigenvalue weighted by Crippen LogP contribution is 2.19. The fourth-order valence-corrected chi connectivity index (χ4v) is 3.74. The van der Waals surface area contributed by atoms with Gasteiger partial charge in [-0.05, 0) is 49.4 Å². The molecule has 1 saturated heterocycles. The lowest BCUT2D eigenvalue weighted by Crippen LogP contribution is -2.52. The summed E-state index contributed by atoms with van der Waals surface area (Å²) in [6.45, 7) is 4.63. The quantitative estimate of drug-likeness (QED) is 0.787. The molecule has 1 amide bonds. The summed E-state index contributed by atoms with van der Waals surface area (Å²) in [4.78, 5) is 16.7. The molecule has 0 radical (unpaired) electrons. The molecule has 0 aliphatic carbocycles. The zero-order valence-corrected chi connectivity index (χ0v) is 16.3. The first kappa shape index (κ1) is 20.2. The number of hydrogen-bond donors (Lipinski definition) is 2. The van der Waals surface area contributed by atoms with Gasteiger partial charge in [0.1, 0.15) is 5.82 Å². The summed E-state index contributed by atoms with van der Waals surface area (Å²) in [5.74, 6) is -0.485. The van der Waals surface area contributed by atoms with Crippen LogP contribution in [0.2, 0.25) is 0 Å². The molecule has 2 aromatic carbocycles. The fourth-order valence-electron chi connectivity index (χ4n) is 3.18. The Hall–Kier alpha value is -2.49. The Kier molecular flexibility index (Phi) is 5.97. The van der Waals surface area contributed by atoms with Gasteiger partial charge in [-0.2, -0.15) is 0 Å². The van der Waals surface area contributed by atoms with Crippen molar-refractivity contribution in [3.63, 3.8) is 0 Å². The largest absolute Gasteiger partial charge is 0.369 e. The Morgan fingerprint density at radius 2 is 1.75 bits per heavy atom. The van der Waals surface area contributed by atoms with Crippen LogP contribution in [0.4, 0.5) is 15.8 Å². The molecular weight excluding hydrogens is 383 g/mol. The van der Waals surface area contributed by atoms with Crippen LogP contribution < -0.4 is 15.4 Å². The molecule has 150 valence electrons. The maximum Gasteiger partial charge on any atom is 0.241 e. The van der Waals surface area contributed by atoms with Crippen molar-refractivity contribution in [2.75, 3.05) is 36.4 Å². The van der Waals surface area contributed by atoms with Crippen LogP contribution in [0.3, 0.4) is 0 Å². The second kappa shape index (κ2) is 8.26. The lowest BCUT2D eigenvalue weighted by molar-refractivity contribution is -0.120. The predicted octanol–water partition coefficient (Wildman–Crippen LogP) is 1.62. The second-order valence-electron chi connectivity index (χ2n) is 6.74. The summed E-state index contributed by atoms with van der Waals surface area (Å²) < 4.78 is 36.0. The zero-order chi connectivity index (χ0) is 20.3. The third-order valence-corrected chi connectivity index (χ3v) is 5.77. The van der Waals surface area contributed by atoms with Crippen molar-refractivity contribution < 1.29 is 17.6 Å². The number of carbonyl (C=O) groups is 1. The third kappa shape index (κ3) is 4.86. The van der Waals surface area contributed by atoms with Gasteiger partial charge in [-0.1, -0.05) is 6.07 Å². The van der Waals surface area contributed by atoms with Crippen LogP contribution in [-0.2, 0) is 14.8 Å². The number of nitrogens with zero attached hydrogens (tertiary/aromatic N) is 2. The van der Waals surface area contributed by atoms with Crippen LogP contribution in [-0.4, -0.2) is 51.4 Å². The number of rotatable bonds is 5. The van der Waals surface area contributed by atoms with Gasteiger partial charge in [0.05, 0.1) is 10.9 Å². The average Bonchev–Trinajstić information content (AvgIpc) is 2.68. The van der Waals surface area contributed by atoms with E-state index in [9.17, 15) is 17.6 Å². The van der Waals surface area contributed by atoms with Gasteiger partial charge in [0.2, 0.25) is 15.9 Å². The minimum atomic E-state index is -3.83. The predicted molar refractivity (Wildman–Crippen MR) is 106 cm³/mol. The SMILES string of the molecule is C[C@@H](C(=O)Nc1cccc(S(N)(=O)=O)c1)N1CCN(c2ccc(F)cc2)CC1. The minimum Gasteiger partial charge on any atom is -0.369 e. The topological polar surface area (TPSA) is 95.7 Å². The van der Waals surface area contributed by atoms with Crippen LogP contribution in [0, 0.1) is 5.82 Å². The normalized spacial score (nSPS) is 16.6. The maximum atomic E-state index is 13.1. The molecule has 9 heteroatoms. The standard InChI is InChI=1S/C19H23FN4O3S/c1-14(19(25)22-16-3-2-4-18(13-16)28(21,26)27)23-9-11-24(12-10-23)17-7-5-15(20)6-8-17/h2-8,13-14H,9-12H2,1H3,(H,22,25)(H2,21,26,27)/t14-/m0/s1. The van der Waals surface area contributed by atoms with E-state index in [1.165, 1.54) is 30.3 Å². The van der Waals surface area contributed by atoms with Crippen molar-refractivity contribution in [2.24, 2.45) is 5.14 Å². The lowest BCUT2D eigenvalue weighted by Gasteiger charge is -2.38. The Bertz CT molecular complexity index is 942. The van der Waals surface area contributed by atoms with Gasteiger partial charge in [0, 0.05) is 37.6 Å². The number of carbonyl (C=O) groups excluding carboxylic acids is 1. The number of anilines is 2. The lowest BCUT2D eigenvalue weighted by atomic mass is 10.2. The van der Waals surface area contributed by atoms with E-state index in [4.69, 9.17) is 5.14 Å². The first-order valence-corrected chi connectivity index (χ1v) is 10.5. The van der Waals surface area contributed by atoms with E-state index >= 15 is 0 Å². The third-order valence-electron chi connectivity index (χ3n) is 4.86. The van der Waals surface area contributed by atoms with Gasteiger partial charge < -0.3 is 10.2 Å². The Balaban J connectivity index is 1.58. The highest BCUT2D eigenvalue weighted by molar-refractivity contribution is 7.89. The van der Waals surface area contributed by atoms with Crippen LogP contribution in [0.1, 0.15) is 6.92 Å². The summed E-state index contributed by atoms with van der Waals surface area (Å²) in [6.07, 6.45) is 0. The molecule has 1 fully saturated rings. The molecule has 1 atom stereocenters.